The number of rotatable bonds is 5. The van der Waals surface area contributed by atoms with Gasteiger partial charge in [0.05, 0.1) is 11.5 Å². The Bertz CT molecular complexity index is 408. The van der Waals surface area contributed by atoms with Crippen molar-refractivity contribution >= 4 is 23.1 Å². The molecule has 18 heavy (non-hydrogen) atoms. The molecule has 1 heterocycles. The first-order chi connectivity index (χ1) is 8.88. The van der Waals surface area contributed by atoms with Crippen LogP contribution >= 0.6 is 23.1 Å². The molecule has 0 aromatic carbocycles. The molecule has 0 unspecified atom stereocenters. The van der Waals surface area contributed by atoms with Crippen LogP contribution in [0.2, 0.25) is 0 Å². The van der Waals surface area contributed by atoms with Gasteiger partial charge in [0.2, 0.25) is 0 Å². The molecule has 0 saturated heterocycles. The van der Waals surface area contributed by atoms with Gasteiger partial charge in [-0.3, -0.25) is 0 Å². The average molecular weight is 280 g/mol. The molecular formula is C15H20OS2. The quantitative estimate of drug-likeness (QED) is 0.825. The molecule has 1 saturated carbocycles. The highest BCUT2D eigenvalue weighted by Crippen LogP contribution is 2.30. The fraction of sp³-hybridized carbons (Fsp3) is 0.600. The van der Waals surface area contributed by atoms with Gasteiger partial charge in [0, 0.05) is 17.1 Å². The molecule has 0 bridgehead atoms. The van der Waals surface area contributed by atoms with E-state index in [1.165, 1.54) is 36.3 Å². The smallest absolute Gasteiger partial charge is 0.0771 e. The summed E-state index contributed by atoms with van der Waals surface area (Å²) in [6.07, 6.45) is 6.33. The van der Waals surface area contributed by atoms with E-state index in [0.717, 1.165) is 16.5 Å². The Balaban J connectivity index is 1.71. The maximum absolute atomic E-state index is 8.67. The van der Waals surface area contributed by atoms with Crippen LogP contribution in [-0.2, 0) is 5.75 Å². The minimum absolute atomic E-state index is 0.155. The van der Waals surface area contributed by atoms with Crippen LogP contribution in [0.25, 0.3) is 0 Å². The summed E-state index contributed by atoms with van der Waals surface area (Å²) in [6.45, 7) is 0.155. The Labute approximate surface area is 118 Å². The van der Waals surface area contributed by atoms with Gasteiger partial charge in [-0.2, -0.15) is 11.8 Å². The second kappa shape index (κ2) is 7.89. The molecule has 3 heteroatoms. The van der Waals surface area contributed by atoms with Crippen molar-refractivity contribution in [2.75, 3.05) is 12.4 Å². The number of thiophene rings is 1. The maximum atomic E-state index is 8.67. The molecule has 0 aliphatic heterocycles. The fourth-order valence-corrected chi connectivity index (χ4v) is 4.48. The van der Waals surface area contributed by atoms with E-state index in [9.17, 15) is 0 Å². The van der Waals surface area contributed by atoms with E-state index >= 15 is 0 Å². The van der Waals surface area contributed by atoms with E-state index in [1.807, 2.05) is 0 Å². The van der Waals surface area contributed by atoms with Crippen molar-refractivity contribution in [1.82, 2.24) is 0 Å². The zero-order valence-electron chi connectivity index (χ0n) is 10.7. The van der Waals surface area contributed by atoms with E-state index in [4.69, 9.17) is 5.11 Å². The number of aliphatic hydroxyl groups excluding tert-OH is 1. The predicted octanol–water partition coefficient (Wildman–Crippen LogP) is 3.91. The van der Waals surface area contributed by atoms with Crippen LogP contribution in [0, 0.1) is 17.8 Å². The lowest BCUT2D eigenvalue weighted by molar-refractivity contribution is 0.305. The Hall–Kier alpha value is -0.430. The summed E-state index contributed by atoms with van der Waals surface area (Å²) in [6, 6.07) is 4.29. The van der Waals surface area contributed by atoms with E-state index < -0.39 is 0 Å². The van der Waals surface area contributed by atoms with Gasteiger partial charge in [0.25, 0.3) is 0 Å². The third-order valence-corrected chi connectivity index (χ3v) is 5.59. The zero-order valence-corrected chi connectivity index (χ0v) is 12.3. The second-order valence-electron chi connectivity index (χ2n) is 4.71. The molecular weight excluding hydrogens is 260 g/mol. The summed E-state index contributed by atoms with van der Waals surface area (Å²) in [4.78, 5) is 2.55. The van der Waals surface area contributed by atoms with Gasteiger partial charge in [0.15, 0.2) is 0 Å². The minimum atomic E-state index is 0.155. The Morgan fingerprint density at radius 1 is 1.33 bits per heavy atom. The SMILES string of the molecule is OCCC#Cc1ccc(CSCC2CCCC2)s1. The molecule has 0 atom stereocenters. The molecule has 1 fully saturated rings. The molecule has 1 N–H and O–H groups in total. The van der Waals surface area contributed by atoms with Crippen LogP contribution in [0.1, 0.15) is 41.9 Å². The molecule has 1 nitrogen and oxygen atoms in total. The zero-order chi connectivity index (χ0) is 12.6. The van der Waals surface area contributed by atoms with Crippen molar-refractivity contribution in [3.8, 4) is 11.8 Å². The van der Waals surface area contributed by atoms with Gasteiger partial charge in [-0.15, -0.1) is 11.3 Å². The van der Waals surface area contributed by atoms with E-state index in [1.54, 1.807) is 11.3 Å². The fourth-order valence-electron chi connectivity index (χ4n) is 2.23. The number of hydrogen-bond acceptors (Lipinski definition) is 3. The lowest BCUT2D eigenvalue weighted by atomic mass is 10.1. The molecule has 1 aliphatic carbocycles. The first-order valence-electron chi connectivity index (χ1n) is 6.64. The van der Waals surface area contributed by atoms with Crippen LogP contribution in [0.15, 0.2) is 12.1 Å². The summed E-state index contributed by atoms with van der Waals surface area (Å²) in [7, 11) is 0. The van der Waals surface area contributed by atoms with Crippen LogP contribution in [-0.4, -0.2) is 17.5 Å². The number of thioether (sulfide) groups is 1. The van der Waals surface area contributed by atoms with Crippen molar-refractivity contribution in [1.29, 1.82) is 0 Å². The van der Waals surface area contributed by atoms with Crippen LogP contribution < -0.4 is 0 Å². The maximum Gasteiger partial charge on any atom is 0.0771 e. The number of hydrogen-bond donors (Lipinski definition) is 1. The summed E-state index contributed by atoms with van der Waals surface area (Å²) in [5.74, 6) is 9.49. The van der Waals surface area contributed by atoms with Crippen molar-refractivity contribution in [2.24, 2.45) is 5.92 Å². The monoisotopic (exact) mass is 280 g/mol. The summed E-state index contributed by atoms with van der Waals surface area (Å²) in [5.41, 5.74) is 0. The molecule has 1 aliphatic rings. The lowest BCUT2D eigenvalue weighted by Crippen LogP contribution is -1.96. The molecule has 2 rings (SSSR count). The van der Waals surface area contributed by atoms with Crippen LogP contribution in [0.5, 0.6) is 0 Å². The highest BCUT2D eigenvalue weighted by atomic mass is 32.2. The predicted molar refractivity (Wildman–Crippen MR) is 81.0 cm³/mol. The minimum Gasteiger partial charge on any atom is -0.395 e. The van der Waals surface area contributed by atoms with Crippen molar-refractivity contribution in [2.45, 2.75) is 37.9 Å². The standard InChI is InChI=1S/C15H20OS2/c16-10-4-3-7-14-8-9-15(18-14)12-17-11-13-5-1-2-6-13/h8-9,13,16H,1-2,4-6,10-12H2. The number of aliphatic hydroxyl groups is 1. The van der Waals surface area contributed by atoms with E-state index in [0.29, 0.717) is 6.42 Å². The summed E-state index contributed by atoms with van der Waals surface area (Å²) >= 11 is 3.86. The molecule has 0 radical (unpaired) electrons. The lowest BCUT2D eigenvalue weighted by Gasteiger charge is -2.06. The van der Waals surface area contributed by atoms with Gasteiger partial charge in [-0.1, -0.05) is 24.7 Å². The topological polar surface area (TPSA) is 20.2 Å². The first kappa shape index (κ1) is 14.0. The highest BCUT2D eigenvalue weighted by Gasteiger charge is 2.14. The molecule has 0 spiro atoms. The molecule has 0 amide bonds. The van der Waals surface area contributed by atoms with Gasteiger partial charge in [-0.25, -0.2) is 0 Å². The third-order valence-electron chi connectivity index (χ3n) is 3.18. The van der Waals surface area contributed by atoms with Gasteiger partial charge >= 0.3 is 0 Å². The van der Waals surface area contributed by atoms with Crippen LogP contribution in [0.3, 0.4) is 0 Å². The van der Waals surface area contributed by atoms with Gasteiger partial charge in [0.1, 0.15) is 0 Å². The van der Waals surface area contributed by atoms with E-state index in [-0.39, 0.29) is 6.61 Å². The average Bonchev–Trinajstić information content (AvgIpc) is 3.01. The Morgan fingerprint density at radius 3 is 2.94 bits per heavy atom. The molecule has 1 aromatic rings. The van der Waals surface area contributed by atoms with Crippen LogP contribution in [0.4, 0.5) is 0 Å². The van der Waals surface area contributed by atoms with Crippen molar-refractivity contribution in [3.05, 3.63) is 21.9 Å². The first-order valence-corrected chi connectivity index (χ1v) is 8.62. The van der Waals surface area contributed by atoms with Gasteiger partial charge in [-0.05, 0) is 36.6 Å². The second-order valence-corrected chi connectivity index (χ2v) is 6.91. The van der Waals surface area contributed by atoms with Crippen molar-refractivity contribution < 1.29 is 5.11 Å². The van der Waals surface area contributed by atoms with Gasteiger partial charge < -0.3 is 5.11 Å². The third kappa shape index (κ3) is 4.68. The molecule has 1 aromatic heterocycles. The summed E-state index contributed by atoms with van der Waals surface area (Å²) in [5, 5.41) is 8.67. The van der Waals surface area contributed by atoms with E-state index in [2.05, 4.69) is 35.7 Å². The molecule has 98 valence electrons. The summed E-state index contributed by atoms with van der Waals surface area (Å²) < 4.78 is 0. The van der Waals surface area contributed by atoms with Crippen molar-refractivity contribution in [3.63, 3.8) is 0 Å². The highest BCUT2D eigenvalue weighted by molar-refractivity contribution is 7.98. The Kier molecular flexibility index (Phi) is 6.13. The largest absolute Gasteiger partial charge is 0.395 e. The Morgan fingerprint density at radius 2 is 2.17 bits per heavy atom. The normalized spacial score (nSPS) is 15.6.